The van der Waals surface area contributed by atoms with Gasteiger partial charge in [0.15, 0.2) is 0 Å². The lowest BCUT2D eigenvalue weighted by atomic mass is 10.1. The van der Waals surface area contributed by atoms with Crippen LogP contribution in [0.5, 0.6) is 0 Å². The molecule has 3 rings (SSSR count). The number of aromatic nitrogens is 2. The largest absolute Gasteiger partial charge is 0.340 e. The van der Waals surface area contributed by atoms with Crippen LogP contribution in [-0.4, -0.2) is 45.5 Å². The molecule has 2 aliphatic heterocycles. The van der Waals surface area contributed by atoms with Crippen LogP contribution in [0.3, 0.4) is 0 Å². The Balaban J connectivity index is 1.73. The Bertz CT molecular complexity index is 428. The Kier molecular flexibility index (Phi) is 2.63. The van der Waals surface area contributed by atoms with Gasteiger partial charge in [-0.25, -0.2) is 4.98 Å². The maximum atomic E-state index is 12.3. The fraction of sp³-hybridized carbons (Fsp3) is 0.667. The molecule has 3 heterocycles. The second-order valence-electron chi connectivity index (χ2n) is 5.10. The van der Waals surface area contributed by atoms with E-state index in [1.807, 2.05) is 16.5 Å². The maximum Gasteiger partial charge on any atom is 0.274 e. The molecule has 0 aliphatic carbocycles. The standard InChI is InChI=1S/C12H18N4O/c1-15-7-11(13-8-15)12(17)16-5-4-9-2-3-10(6-16)14-9/h7-10,14H,2-6H2,1H3. The molecular formula is C12H18N4O. The molecule has 0 radical (unpaired) electrons. The number of likely N-dealkylation sites (tertiary alicyclic amines) is 1. The summed E-state index contributed by atoms with van der Waals surface area (Å²) in [5.41, 5.74) is 0.560. The number of amides is 1. The van der Waals surface area contributed by atoms with Crippen molar-refractivity contribution in [3.63, 3.8) is 0 Å². The molecule has 0 spiro atoms. The van der Waals surface area contributed by atoms with E-state index in [1.165, 1.54) is 12.8 Å². The molecule has 2 fully saturated rings. The summed E-state index contributed by atoms with van der Waals surface area (Å²) in [6.45, 7) is 1.68. The molecule has 5 heteroatoms. The van der Waals surface area contributed by atoms with Crippen LogP contribution >= 0.6 is 0 Å². The van der Waals surface area contributed by atoms with Gasteiger partial charge >= 0.3 is 0 Å². The number of nitrogens with one attached hydrogen (secondary N) is 1. The SMILES string of the molecule is Cn1cnc(C(=O)N2CCC3CCC(C2)N3)c1. The van der Waals surface area contributed by atoms with E-state index in [9.17, 15) is 4.79 Å². The normalized spacial score (nSPS) is 28.2. The number of carbonyl (C=O) groups excluding carboxylic acids is 1. The number of rotatable bonds is 1. The third kappa shape index (κ3) is 2.07. The monoisotopic (exact) mass is 234 g/mol. The minimum Gasteiger partial charge on any atom is -0.340 e. The zero-order valence-corrected chi connectivity index (χ0v) is 10.1. The number of nitrogens with zero attached hydrogens (tertiary/aromatic N) is 3. The highest BCUT2D eigenvalue weighted by Crippen LogP contribution is 2.21. The summed E-state index contributed by atoms with van der Waals surface area (Å²) in [5, 5.41) is 3.57. The zero-order valence-electron chi connectivity index (χ0n) is 10.1. The lowest BCUT2D eigenvalue weighted by Gasteiger charge is -2.23. The van der Waals surface area contributed by atoms with Gasteiger partial charge in [-0.1, -0.05) is 0 Å². The molecule has 92 valence electrons. The number of aryl methyl sites for hydroxylation is 1. The van der Waals surface area contributed by atoms with Crippen LogP contribution in [0.2, 0.25) is 0 Å². The van der Waals surface area contributed by atoms with E-state index in [0.717, 1.165) is 19.5 Å². The van der Waals surface area contributed by atoms with Gasteiger partial charge in [-0.15, -0.1) is 0 Å². The lowest BCUT2D eigenvalue weighted by Crippen LogP contribution is -2.39. The number of hydrogen-bond donors (Lipinski definition) is 1. The number of imidazole rings is 1. The fourth-order valence-electron chi connectivity index (χ4n) is 2.81. The molecule has 1 amide bonds. The lowest BCUT2D eigenvalue weighted by molar-refractivity contribution is 0.0742. The summed E-state index contributed by atoms with van der Waals surface area (Å²) >= 11 is 0. The molecule has 2 atom stereocenters. The first-order valence-corrected chi connectivity index (χ1v) is 6.25. The van der Waals surface area contributed by atoms with E-state index in [-0.39, 0.29) is 5.91 Å². The van der Waals surface area contributed by atoms with Crippen LogP contribution in [0.15, 0.2) is 12.5 Å². The Labute approximate surface area is 101 Å². The highest BCUT2D eigenvalue weighted by molar-refractivity contribution is 5.92. The van der Waals surface area contributed by atoms with Gasteiger partial charge in [-0.3, -0.25) is 4.79 Å². The van der Waals surface area contributed by atoms with Crippen LogP contribution in [0.1, 0.15) is 29.8 Å². The van der Waals surface area contributed by atoms with Crippen molar-refractivity contribution in [1.82, 2.24) is 19.8 Å². The first kappa shape index (κ1) is 10.8. The molecule has 17 heavy (non-hydrogen) atoms. The van der Waals surface area contributed by atoms with Crippen molar-refractivity contribution in [1.29, 1.82) is 0 Å². The topological polar surface area (TPSA) is 50.2 Å². The maximum absolute atomic E-state index is 12.3. The summed E-state index contributed by atoms with van der Waals surface area (Å²) in [6.07, 6.45) is 6.98. The van der Waals surface area contributed by atoms with Crippen LogP contribution in [0.4, 0.5) is 0 Å². The fourth-order valence-corrected chi connectivity index (χ4v) is 2.81. The zero-order chi connectivity index (χ0) is 11.8. The third-order valence-corrected chi connectivity index (χ3v) is 3.73. The van der Waals surface area contributed by atoms with E-state index in [4.69, 9.17) is 0 Å². The third-order valence-electron chi connectivity index (χ3n) is 3.73. The van der Waals surface area contributed by atoms with E-state index in [0.29, 0.717) is 17.8 Å². The van der Waals surface area contributed by atoms with Gasteiger partial charge in [0.05, 0.1) is 6.33 Å². The molecule has 2 aliphatic rings. The predicted octanol–water partition coefficient (Wildman–Crippen LogP) is 0.387. The molecule has 5 nitrogen and oxygen atoms in total. The van der Waals surface area contributed by atoms with Crippen LogP contribution in [0, 0.1) is 0 Å². The average Bonchev–Trinajstić information content (AvgIpc) is 2.84. The molecule has 1 aromatic heterocycles. The highest BCUT2D eigenvalue weighted by atomic mass is 16.2. The average molecular weight is 234 g/mol. The number of carbonyl (C=O) groups is 1. The highest BCUT2D eigenvalue weighted by Gasteiger charge is 2.31. The van der Waals surface area contributed by atoms with Crippen LogP contribution in [0.25, 0.3) is 0 Å². The van der Waals surface area contributed by atoms with E-state index < -0.39 is 0 Å². The van der Waals surface area contributed by atoms with Gasteiger partial charge in [0.2, 0.25) is 0 Å². The van der Waals surface area contributed by atoms with E-state index in [1.54, 1.807) is 12.5 Å². The minimum absolute atomic E-state index is 0.0694. The smallest absolute Gasteiger partial charge is 0.274 e. The molecule has 2 unspecified atom stereocenters. The summed E-state index contributed by atoms with van der Waals surface area (Å²) < 4.78 is 1.81. The Morgan fingerprint density at radius 2 is 2.24 bits per heavy atom. The van der Waals surface area contributed by atoms with Crippen molar-refractivity contribution in [2.75, 3.05) is 13.1 Å². The molecule has 1 aromatic rings. The van der Waals surface area contributed by atoms with E-state index in [2.05, 4.69) is 10.3 Å². The summed E-state index contributed by atoms with van der Waals surface area (Å²) in [7, 11) is 1.88. The Morgan fingerprint density at radius 1 is 1.41 bits per heavy atom. The van der Waals surface area contributed by atoms with Gasteiger partial charge in [-0.2, -0.15) is 0 Å². The Morgan fingerprint density at radius 3 is 3.00 bits per heavy atom. The van der Waals surface area contributed by atoms with Crippen molar-refractivity contribution in [3.8, 4) is 0 Å². The molecule has 0 saturated carbocycles. The summed E-state index contributed by atoms with van der Waals surface area (Å²) in [5.74, 6) is 0.0694. The molecule has 2 bridgehead atoms. The Hall–Kier alpha value is -1.36. The second-order valence-corrected chi connectivity index (χ2v) is 5.10. The van der Waals surface area contributed by atoms with Gasteiger partial charge in [-0.05, 0) is 19.3 Å². The van der Waals surface area contributed by atoms with Crippen molar-refractivity contribution < 1.29 is 4.79 Å². The van der Waals surface area contributed by atoms with Crippen LogP contribution < -0.4 is 5.32 Å². The van der Waals surface area contributed by atoms with Crippen molar-refractivity contribution in [2.24, 2.45) is 7.05 Å². The van der Waals surface area contributed by atoms with Crippen molar-refractivity contribution in [3.05, 3.63) is 18.2 Å². The van der Waals surface area contributed by atoms with Gasteiger partial charge in [0.1, 0.15) is 5.69 Å². The van der Waals surface area contributed by atoms with Gasteiger partial charge < -0.3 is 14.8 Å². The van der Waals surface area contributed by atoms with Crippen LogP contribution in [-0.2, 0) is 7.05 Å². The molecule has 1 N–H and O–H groups in total. The van der Waals surface area contributed by atoms with Gasteiger partial charge in [0.25, 0.3) is 5.91 Å². The second kappa shape index (κ2) is 4.14. The first-order chi connectivity index (χ1) is 8.22. The molecule has 0 aromatic carbocycles. The number of hydrogen-bond acceptors (Lipinski definition) is 3. The quantitative estimate of drug-likeness (QED) is 0.764. The van der Waals surface area contributed by atoms with Crippen molar-refractivity contribution in [2.45, 2.75) is 31.3 Å². The molecule has 2 saturated heterocycles. The minimum atomic E-state index is 0.0694. The molecular weight excluding hydrogens is 216 g/mol. The summed E-state index contributed by atoms with van der Waals surface area (Å²) in [4.78, 5) is 18.3. The summed E-state index contributed by atoms with van der Waals surface area (Å²) in [6, 6.07) is 1.09. The predicted molar refractivity (Wildman–Crippen MR) is 63.7 cm³/mol. The number of fused-ring (bicyclic) bond motifs is 2. The van der Waals surface area contributed by atoms with E-state index >= 15 is 0 Å². The van der Waals surface area contributed by atoms with Crippen molar-refractivity contribution >= 4 is 5.91 Å². The first-order valence-electron chi connectivity index (χ1n) is 6.25. The van der Waals surface area contributed by atoms with Gasteiger partial charge in [0, 0.05) is 38.4 Å².